The van der Waals surface area contributed by atoms with Gasteiger partial charge in [0.25, 0.3) is 0 Å². The summed E-state index contributed by atoms with van der Waals surface area (Å²) in [6, 6.07) is 4.38. The second-order valence-electron chi connectivity index (χ2n) is 3.10. The maximum atomic E-state index is 5.78. The zero-order chi connectivity index (χ0) is 9.68. The average molecular weight is 237 g/mol. The molecule has 0 fully saturated rings. The molecule has 0 unspecified atom stereocenters. The molecule has 0 bridgehead atoms. The molecule has 1 aromatic rings. The molecular formula is C10H14Cl2S. The van der Waals surface area contributed by atoms with Crippen LogP contribution in [0.15, 0.2) is 12.1 Å². The standard InChI is InChI=1S/C10H14Cl2S/c1-2-9-3-4-10(13-9)5-8(6-11)7-12/h3-4,8H,2,5-7H2,1H3. The third-order valence-electron chi connectivity index (χ3n) is 1.99. The SMILES string of the molecule is CCc1ccc(CC(CCl)CCl)s1. The van der Waals surface area contributed by atoms with Crippen LogP contribution in [0.1, 0.15) is 16.7 Å². The molecule has 0 radical (unpaired) electrons. The predicted molar refractivity (Wildman–Crippen MR) is 62.3 cm³/mol. The van der Waals surface area contributed by atoms with Gasteiger partial charge in [0.2, 0.25) is 0 Å². The van der Waals surface area contributed by atoms with E-state index in [1.165, 1.54) is 9.75 Å². The highest BCUT2D eigenvalue weighted by Gasteiger charge is 2.08. The van der Waals surface area contributed by atoms with Gasteiger partial charge in [-0.05, 0) is 30.9 Å². The van der Waals surface area contributed by atoms with Gasteiger partial charge in [0, 0.05) is 21.5 Å². The minimum absolute atomic E-state index is 0.423. The summed E-state index contributed by atoms with van der Waals surface area (Å²) in [4.78, 5) is 2.85. The van der Waals surface area contributed by atoms with Gasteiger partial charge in [0.15, 0.2) is 0 Å². The Morgan fingerprint density at radius 1 is 1.23 bits per heavy atom. The monoisotopic (exact) mass is 236 g/mol. The van der Waals surface area contributed by atoms with Crippen LogP contribution in [-0.4, -0.2) is 11.8 Å². The van der Waals surface area contributed by atoms with E-state index in [0.717, 1.165) is 12.8 Å². The van der Waals surface area contributed by atoms with Crippen LogP contribution in [0.2, 0.25) is 0 Å². The normalized spacial score (nSPS) is 11.1. The maximum Gasteiger partial charge on any atom is 0.0266 e. The first-order valence-corrected chi connectivity index (χ1v) is 6.38. The molecule has 0 atom stereocenters. The van der Waals surface area contributed by atoms with Crippen molar-refractivity contribution in [3.05, 3.63) is 21.9 Å². The molecule has 74 valence electrons. The van der Waals surface area contributed by atoms with Crippen molar-refractivity contribution in [1.29, 1.82) is 0 Å². The molecule has 0 saturated heterocycles. The molecule has 0 N–H and O–H groups in total. The van der Waals surface area contributed by atoms with E-state index >= 15 is 0 Å². The second-order valence-corrected chi connectivity index (χ2v) is 4.97. The highest BCUT2D eigenvalue weighted by atomic mass is 35.5. The summed E-state index contributed by atoms with van der Waals surface area (Å²) >= 11 is 13.4. The minimum Gasteiger partial charge on any atom is -0.145 e. The first-order valence-electron chi connectivity index (χ1n) is 4.49. The lowest BCUT2D eigenvalue weighted by Gasteiger charge is -2.06. The number of alkyl halides is 2. The summed E-state index contributed by atoms with van der Waals surface area (Å²) in [6.07, 6.45) is 2.15. The van der Waals surface area contributed by atoms with E-state index in [1.54, 1.807) is 0 Å². The summed E-state index contributed by atoms with van der Waals surface area (Å²) in [5.74, 6) is 1.73. The van der Waals surface area contributed by atoms with Crippen LogP contribution in [0.4, 0.5) is 0 Å². The van der Waals surface area contributed by atoms with Crippen molar-refractivity contribution in [2.45, 2.75) is 19.8 Å². The van der Waals surface area contributed by atoms with E-state index in [1.807, 2.05) is 11.3 Å². The summed E-state index contributed by atoms with van der Waals surface area (Å²) in [6.45, 7) is 2.18. The molecule has 1 rings (SSSR count). The summed E-state index contributed by atoms with van der Waals surface area (Å²) < 4.78 is 0. The van der Waals surface area contributed by atoms with Crippen molar-refractivity contribution >= 4 is 34.5 Å². The molecule has 0 aliphatic carbocycles. The Bertz CT molecular complexity index is 241. The van der Waals surface area contributed by atoms with Crippen LogP contribution in [0.25, 0.3) is 0 Å². The van der Waals surface area contributed by atoms with Gasteiger partial charge in [-0.2, -0.15) is 0 Å². The fourth-order valence-electron chi connectivity index (χ4n) is 1.16. The van der Waals surface area contributed by atoms with Crippen LogP contribution in [0, 0.1) is 5.92 Å². The quantitative estimate of drug-likeness (QED) is 0.680. The average Bonchev–Trinajstić information content (AvgIpc) is 2.61. The van der Waals surface area contributed by atoms with E-state index in [-0.39, 0.29) is 0 Å². The number of aryl methyl sites for hydroxylation is 1. The van der Waals surface area contributed by atoms with Gasteiger partial charge in [0.05, 0.1) is 0 Å². The van der Waals surface area contributed by atoms with Crippen molar-refractivity contribution in [3.63, 3.8) is 0 Å². The van der Waals surface area contributed by atoms with Gasteiger partial charge >= 0.3 is 0 Å². The Labute approximate surface area is 93.9 Å². The number of rotatable bonds is 5. The van der Waals surface area contributed by atoms with Crippen molar-refractivity contribution in [3.8, 4) is 0 Å². The van der Waals surface area contributed by atoms with E-state index in [9.17, 15) is 0 Å². The minimum atomic E-state index is 0.423. The van der Waals surface area contributed by atoms with Gasteiger partial charge in [-0.15, -0.1) is 34.5 Å². The second kappa shape index (κ2) is 5.90. The number of halogens is 2. The predicted octanol–water partition coefficient (Wildman–Crippen LogP) is 3.95. The first-order chi connectivity index (χ1) is 6.30. The molecule has 1 aromatic heterocycles. The number of hydrogen-bond donors (Lipinski definition) is 0. The molecule has 0 aliphatic rings. The molecule has 0 saturated carbocycles. The van der Waals surface area contributed by atoms with Crippen LogP contribution in [-0.2, 0) is 12.8 Å². The lowest BCUT2D eigenvalue weighted by molar-refractivity contribution is 0.669. The molecular weight excluding hydrogens is 223 g/mol. The highest BCUT2D eigenvalue weighted by Crippen LogP contribution is 2.21. The fraction of sp³-hybridized carbons (Fsp3) is 0.600. The molecule has 0 aliphatic heterocycles. The molecule has 0 spiro atoms. The Hall–Kier alpha value is 0.280. The first kappa shape index (κ1) is 11.4. The van der Waals surface area contributed by atoms with Gasteiger partial charge in [-0.25, -0.2) is 0 Å². The fourth-order valence-corrected chi connectivity index (χ4v) is 2.78. The lowest BCUT2D eigenvalue weighted by atomic mass is 10.1. The van der Waals surface area contributed by atoms with E-state index in [2.05, 4.69) is 19.1 Å². The topological polar surface area (TPSA) is 0 Å². The van der Waals surface area contributed by atoms with Crippen LogP contribution < -0.4 is 0 Å². The largest absolute Gasteiger partial charge is 0.145 e. The smallest absolute Gasteiger partial charge is 0.0266 e. The summed E-state index contributed by atoms with van der Waals surface area (Å²) in [5.41, 5.74) is 0. The maximum absolute atomic E-state index is 5.78. The Kier molecular flexibility index (Phi) is 5.15. The lowest BCUT2D eigenvalue weighted by Crippen LogP contribution is -2.06. The van der Waals surface area contributed by atoms with Crippen molar-refractivity contribution in [2.24, 2.45) is 5.92 Å². The zero-order valence-corrected chi connectivity index (χ0v) is 10.1. The van der Waals surface area contributed by atoms with Crippen LogP contribution >= 0.6 is 34.5 Å². The third-order valence-corrected chi connectivity index (χ3v) is 4.12. The van der Waals surface area contributed by atoms with Crippen LogP contribution in [0.5, 0.6) is 0 Å². The van der Waals surface area contributed by atoms with Gasteiger partial charge in [0.1, 0.15) is 0 Å². The summed E-state index contributed by atoms with van der Waals surface area (Å²) in [5, 5.41) is 0. The molecule has 0 nitrogen and oxygen atoms in total. The zero-order valence-electron chi connectivity index (χ0n) is 7.72. The van der Waals surface area contributed by atoms with Gasteiger partial charge in [-0.1, -0.05) is 6.92 Å². The van der Waals surface area contributed by atoms with E-state index < -0.39 is 0 Å². The molecule has 13 heavy (non-hydrogen) atoms. The van der Waals surface area contributed by atoms with Crippen molar-refractivity contribution < 1.29 is 0 Å². The van der Waals surface area contributed by atoms with Crippen molar-refractivity contribution in [2.75, 3.05) is 11.8 Å². The molecule has 3 heteroatoms. The highest BCUT2D eigenvalue weighted by molar-refractivity contribution is 7.11. The number of thiophene rings is 1. The summed E-state index contributed by atoms with van der Waals surface area (Å²) in [7, 11) is 0. The third kappa shape index (κ3) is 3.49. The molecule has 1 heterocycles. The molecule has 0 amide bonds. The van der Waals surface area contributed by atoms with Gasteiger partial charge < -0.3 is 0 Å². The Morgan fingerprint density at radius 3 is 2.31 bits per heavy atom. The van der Waals surface area contributed by atoms with Crippen LogP contribution in [0.3, 0.4) is 0 Å². The molecule has 0 aromatic carbocycles. The van der Waals surface area contributed by atoms with E-state index in [4.69, 9.17) is 23.2 Å². The van der Waals surface area contributed by atoms with Crippen molar-refractivity contribution in [1.82, 2.24) is 0 Å². The van der Waals surface area contributed by atoms with E-state index in [0.29, 0.717) is 17.7 Å². The van der Waals surface area contributed by atoms with Gasteiger partial charge in [-0.3, -0.25) is 0 Å². The Balaban J connectivity index is 2.52. The number of hydrogen-bond acceptors (Lipinski definition) is 1. The Morgan fingerprint density at radius 2 is 1.85 bits per heavy atom.